The smallest absolute Gasteiger partial charge is 0.179 e. The maximum atomic E-state index is 5.27. The molecule has 0 aliphatic carbocycles. The summed E-state index contributed by atoms with van der Waals surface area (Å²) in [5.74, 6) is 2.26. The first kappa shape index (κ1) is 22.7. The molecule has 1 unspecified atom stereocenters. The molecule has 6 nitrogen and oxygen atoms in total. The van der Waals surface area contributed by atoms with Gasteiger partial charge in [-0.25, -0.2) is 14.7 Å². The van der Waals surface area contributed by atoms with Gasteiger partial charge in [-0.15, -0.1) is 0 Å². The molecule has 1 N–H and O–H groups in total. The molecule has 1 atom stereocenters. The topological polar surface area (TPSA) is 57.8 Å². The van der Waals surface area contributed by atoms with Crippen LogP contribution in [0.3, 0.4) is 0 Å². The Kier molecular flexibility index (Phi) is 5.44. The Hall–Kier alpha value is -4.49. The molecule has 4 aromatic carbocycles. The van der Waals surface area contributed by atoms with E-state index < -0.39 is 0 Å². The normalized spacial score (nSPS) is 15.6. The van der Waals surface area contributed by atoms with Crippen molar-refractivity contribution in [3.05, 3.63) is 130 Å². The molecule has 2 aliphatic heterocycles. The number of hydrogen-bond donors (Lipinski definition) is 1. The summed E-state index contributed by atoms with van der Waals surface area (Å²) in [5.41, 5.74) is 7.01. The molecule has 0 spiro atoms. The minimum absolute atomic E-state index is 0.130. The van der Waals surface area contributed by atoms with Crippen molar-refractivity contribution >= 4 is 50.5 Å². The van der Waals surface area contributed by atoms with E-state index >= 15 is 0 Å². The van der Waals surface area contributed by atoms with Crippen molar-refractivity contribution in [2.75, 3.05) is 10.2 Å². The van der Waals surface area contributed by atoms with Crippen LogP contribution in [0.25, 0.3) is 5.69 Å². The molecule has 0 radical (unpaired) electrons. The van der Waals surface area contributed by atoms with Crippen LogP contribution < -0.4 is 10.2 Å². The van der Waals surface area contributed by atoms with Gasteiger partial charge in [0.1, 0.15) is 0 Å². The Balaban J connectivity index is 1.49. The molecule has 7 heteroatoms. The number of amidine groups is 2. The highest BCUT2D eigenvalue weighted by Gasteiger charge is 2.41. The molecular formula is C31H23BrN6. The van der Waals surface area contributed by atoms with Crippen LogP contribution in [-0.2, 0) is 0 Å². The molecule has 0 bridgehead atoms. The number of nitrogens with zero attached hydrogens (tertiary/aromatic N) is 5. The van der Waals surface area contributed by atoms with Crippen LogP contribution in [0.15, 0.2) is 124 Å². The van der Waals surface area contributed by atoms with Gasteiger partial charge in [-0.3, -0.25) is 0 Å². The average molecular weight is 559 g/mol. The SMILES string of the molecule is Cc1nn(-c2ccccc2)c2c1C(c1ccccc1)N1C(=N2)C(Nc2ccc(Br)cc2)=Nc2ccccc21. The largest absolute Gasteiger partial charge is 0.337 e. The third-order valence-electron chi connectivity index (χ3n) is 6.86. The quantitative estimate of drug-likeness (QED) is 0.246. The molecule has 0 amide bonds. The van der Waals surface area contributed by atoms with E-state index in [2.05, 4.69) is 87.7 Å². The maximum absolute atomic E-state index is 5.27. The van der Waals surface area contributed by atoms with Gasteiger partial charge in [0.2, 0.25) is 0 Å². The van der Waals surface area contributed by atoms with E-state index in [9.17, 15) is 0 Å². The van der Waals surface area contributed by atoms with E-state index in [1.165, 1.54) is 0 Å². The minimum Gasteiger partial charge on any atom is -0.337 e. The van der Waals surface area contributed by atoms with Crippen molar-refractivity contribution in [3.63, 3.8) is 0 Å². The predicted octanol–water partition coefficient (Wildman–Crippen LogP) is 7.74. The zero-order valence-corrected chi connectivity index (χ0v) is 22.2. The first-order valence-corrected chi connectivity index (χ1v) is 13.3. The maximum Gasteiger partial charge on any atom is 0.179 e. The molecule has 5 aromatic rings. The number of halogens is 1. The van der Waals surface area contributed by atoms with Gasteiger partial charge in [-0.2, -0.15) is 5.10 Å². The fraction of sp³-hybridized carbons (Fsp3) is 0.0645. The Morgan fingerprint density at radius 1 is 0.763 bits per heavy atom. The first-order valence-electron chi connectivity index (χ1n) is 12.5. The number of aromatic nitrogens is 2. The second-order valence-corrected chi connectivity index (χ2v) is 10.2. The monoisotopic (exact) mass is 558 g/mol. The summed E-state index contributed by atoms with van der Waals surface area (Å²) in [6.45, 7) is 2.07. The summed E-state index contributed by atoms with van der Waals surface area (Å²) in [4.78, 5) is 12.6. The zero-order chi connectivity index (χ0) is 25.6. The second kappa shape index (κ2) is 9.11. The Labute approximate surface area is 229 Å². The van der Waals surface area contributed by atoms with Crippen LogP contribution in [0.5, 0.6) is 0 Å². The number of rotatable bonds is 3. The Bertz CT molecular complexity index is 1710. The van der Waals surface area contributed by atoms with Crippen molar-refractivity contribution in [3.8, 4) is 5.69 Å². The number of para-hydroxylation sites is 3. The van der Waals surface area contributed by atoms with E-state index in [0.717, 1.165) is 55.7 Å². The van der Waals surface area contributed by atoms with E-state index in [1.54, 1.807) is 0 Å². The van der Waals surface area contributed by atoms with Crippen molar-refractivity contribution in [1.29, 1.82) is 0 Å². The molecule has 1 aromatic heterocycles. The summed E-state index contributed by atoms with van der Waals surface area (Å²) >= 11 is 3.53. The highest BCUT2D eigenvalue weighted by molar-refractivity contribution is 9.10. The molecule has 3 heterocycles. The average Bonchev–Trinajstić information content (AvgIpc) is 3.30. The summed E-state index contributed by atoms with van der Waals surface area (Å²) in [5, 5.41) is 8.53. The van der Waals surface area contributed by atoms with Crippen LogP contribution in [0.2, 0.25) is 0 Å². The summed E-state index contributed by atoms with van der Waals surface area (Å²) in [7, 11) is 0. The van der Waals surface area contributed by atoms with Gasteiger partial charge in [-0.1, -0.05) is 76.6 Å². The lowest BCUT2D eigenvalue weighted by atomic mass is 9.93. The van der Waals surface area contributed by atoms with Crippen LogP contribution in [0.1, 0.15) is 22.9 Å². The van der Waals surface area contributed by atoms with E-state index in [-0.39, 0.29) is 6.04 Å². The molecule has 0 fully saturated rings. The van der Waals surface area contributed by atoms with Crippen LogP contribution in [0.4, 0.5) is 22.9 Å². The second-order valence-electron chi connectivity index (χ2n) is 9.27. The number of hydrogen-bond acceptors (Lipinski definition) is 5. The third kappa shape index (κ3) is 3.74. The molecular weight excluding hydrogens is 536 g/mol. The van der Waals surface area contributed by atoms with Gasteiger partial charge in [-0.05, 0) is 61.0 Å². The summed E-state index contributed by atoms with van der Waals surface area (Å²) in [6, 6.07) is 36.9. The molecule has 2 aliphatic rings. The minimum atomic E-state index is -0.130. The van der Waals surface area contributed by atoms with E-state index in [4.69, 9.17) is 15.1 Å². The van der Waals surface area contributed by atoms with E-state index in [1.807, 2.05) is 59.3 Å². The van der Waals surface area contributed by atoms with Crippen molar-refractivity contribution in [2.45, 2.75) is 13.0 Å². The predicted molar refractivity (Wildman–Crippen MR) is 157 cm³/mol. The molecule has 184 valence electrons. The number of fused-ring (bicyclic) bond motifs is 4. The fourth-order valence-electron chi connectivity index (χ4n) is 5.17. The van der Waals surface area contributed by atoms with Gasteiger partial charge in [0.25, 0.3) is 0 Å². The van der Waals surface area contributed by atoms with Crippen LogP contribution in [-0.4, -0.2) is 21.5 Å². The lowest BCUT2D eigenvalue weighted by molar-refractivity contribution is 0.815. The summed E-state index contributed by atoms with van der Waals surface area (Å²) in [6.07, 6.45) is 0. The van der Waals surface area contributed by atoms with Gasteiger partial charge in [0.15, 0.2) is 17.5 Å². The van der Waals surface area contributed by atoms with E-state index in [0.29, 0.717) is 5.84 Å². The lowest BCUT2D eigenvalue weighted by Gasteiger charge is -2.40. The highest BCUT2D eigenvalue weighted by atomic mass is 79.9. The fourth-order valence-corrected chi connectivity index (χ4v) is 5.43. The van der Waals surface area contributed by atoms with Crippen LogP contribution >= 0.6 is 15.9 Å². The van der Waals surface area contributed by atoms with Gasteiger partial charge >= 0.3 is 0 Å². The molecule has 7 rings (SSSR count). The molecule has 0 saturated carbocycles. The van der Waals surface area contributed by atoms with Gasteiger partial charge in [0.05, 0.1) is 28.8 Å². The van der Waals surface area contributed by atoms with Gasteiger partial charge < -0.3 is 10.2 Å². The van der Waals surface area contributed by atoms with Crippen molar-refractivity contribution < 1.29 is 0 Å². The third-order valence-corrected chi connectivity index (χ3v) is 7.39. The van der Waals surface area contributed by atoms with Gasteiger partial charge in [0, 0.05) is 15.7 Å². The number of aliphatic imine (C=N–C) groups is 2. The lowest BCUT2D eigenvalue weighted by Crippen LogP contribution is -2.46. The first-order chi connectivity index (χ1) is 18.7. The van der Waals surface area contributed by atoms with Crippen molar-refractivity contribution in [2.24, 2.45) is 9.98 Å². The standard InChI is InChI=1S/C31H23BrN6/c1-20-27-28(21-10-4-2-5-11-21)37-26-15-9-8-14-25(26)34-29(33-23-18-16-22(32)17-19-23)31(37)35-30(27)38(36-20)24-12-6-3-7-13-24/h2-19,28H,1H3,(H,33,34). The Morgan fingerprint density at radius 2 is 1.45 bits per heavy atom. The number of aryl methyl sites for hydroxylation is 1. The molecule has 38 heavy (non-hydrogen) atoms. The van der Waals surface area contributed by atoms with Crippen LogP contribution in [0, 0.1) is 6.92 Å². The van der Waals surface area contributed by atoms with Crippen molar-refractivity contribution in [1.82, 2.24) is 9.78 Å². The number of benzene rings is 4. The summed E-state index contributed by atoms with van der Waals surface area (Å²) < 4.78 is 2.97. The number of anilines is 2. The highest BCUT2D eigenvalue weighted by Crippen LogP contribution is 2.48. The molecule has 0 saturated heterocycles. The number of nitrogens with one attached hydrogen (secondary N) is 1. The zero-order valence-electron chi connectivity index (χ0n) is 20.6. The Morgan fingerprint density at radius 3 is 2.21 bits per heavy atom.